The van der Waals surface area contributed by atoms with Crippen molar-refractivity contribution < 1.29 is 23.0 Å². The molecule has 1 aromatic heterocycles. The van der Waals surface area contributed by atoms with Gasteiger partial charge in [0.15, 0.2) is 0 Å². The van der Waals surface area contributed by atoms with Gasteiger partial charge in [-0.25, -0.2) is 0 Å². The van der Waals surface area contributed by atoms with Gasteiger partial charge < -0.3 is 15.2 Å². The van der Waals surface area contributed by atoms with Crippen LogP contribution in [0.5, 0.6) is 5.75 Å². The topological polar surface area (TPSA) is 78.2 Å². The molecule has 0 spiro atoms. The minimum Gasteiger partial charge on any atom is -0.492 e. The summed E-state index contributed by atoms with van der Waals surface area (Å²) < 4.78 is 44.1. The van der Waals surface area contributed by atoms with Gasteiger partial charge in [-0.15, -0.1) is 0 Å². The Morgan fingerprint density at radius 2 is 2.10 bits per heavy atom. The summed E-state index contributed by atoms with van der Waals surface area (Å²) in [6, 6.07) is 3.54. The van der Waals surface area contributed by atoms with E-state index in [1.807, 2.05) is 19.9 Å². The van der Waals surface area contributed by atoms with Gasteiger partial charge >= 0.3 is 6.18 Å². The van der Waals surface area contributed by atoms with E-state index in [0.29, 0.717) is 42.2 Å². The number of hydrogen-bond acceptors (Lipinski definition) is 5. The Balaban J connectivity index is 2.71. The lowest BCUT2D eigenvalue weighted by Gasteiger charge is -2.25. The normalized spacial score (nSPS) is 15.3. The maximum absolute atomic E-state index is 12.9. The van der Waals surface area contributed by atoms with Gasteiger partial charge in [-0.1, -0.05) is 19.6 Å². The molecule has 0 aliphatic rings. The van der Waals surface area contributed by atoms with E-state index < -0.39 is 18.2 Å². The lowest BCUT2D eigenvalue weighted by atomic mass is 9.90. The molecule has 29 heavy (non-hydrogen) atoms. The van der Waals surface area contributed by atoms with Crippen LogP contribution in [0, 0.1) is 17.2 Å². The van der Waals surface area contributed by atoms with Crippen LogP contribution in [0.15, 0.2) is 36.1 Å². The second-order valence-corrected chi connectivity index (χ2v) is 6.70. The number of aliphatic hydroxyl groups excluding tert-OH is 1. The Kier molecular flexibility index (Phi) is 9.34. The molecule has 1 rings (SSSR count). The Labute approximate surface area is 169 Å². The molecule has 0 radical (unpaired) electrons. The van der Waals surface area contributed by atoms with Crippen LogP contribution in [0.4, 0.5) is 13.2 Å². The standard InChI is InChI=1S/C21H28F3N3O2/c1-6-17(20(28)14(4)21(22,23)24)13(3)8-9-26-15(5)18-10-19(29-7-2)16(11-25)12-27-18/h6,10,12,14-15,20,26,28H,3,7-9H2,1-2,4-5H3/b17-6+. The van der Waals surface area contributed by atoms with Crippen LogP contribution in [0.25, 0.3) is 0 Å². The summed E-state index contributed by atoms with van der Waals surface area (Å²) in [6.45, 7) is 10.9. The summed E-state index contributed by atoms with van der Waals surface area (Å²) in [6.07, 6.45) is -2.86. The molecule has 0 aromatic carbocycles. The Bertz CT molecular complexity index is 769. The fourth-order valence-corrected chi connectivity index (χ4v) is 2.77. The van der Waals surface area contributed by atoms with Crippen molar-refractivity contribution >= 4 is 0 Å². The van der Waals surface area contributed by atoms with Crippen molar-refractivity contribution in [1.29, 1.82) is 5.26 Å². The first-order chi connectivity index (χ1) is 13.6. The number of aliphatic hydroxyl groups is 1. The van der Waals surface area contributed by atoms with Gasteiger partial charge in [-0.3, -0.25) is 4.98 Å². The third-order valence-electron chi connectivity index (χ3n) is 4.66. The minimum atomic E-state index is -4.49. The van der Waals surface area contributed by atoms with Crippen molar-refractivity contribution in [3.63, 3.8) is 0 Å². The molecule has 0 amide bonds. The minimum absolute atomic E-state index is 0.178. The first-order valence-corrected chi connectivity index (χ1v) is 9.42. The predicted molar refractivity (Wildman–Crippen MR) is 105 cm³/mol. The highest BCUT2D eigenvalue weighted by molar-refractivity contribution is 5.42. The molecule has 0 bridgehead atoms. The maximum atomic E-state index is 12.9. The molecule has 0 fully saturated rings. The Morgan fingerprint density at radius 3 is 2.62 bits per heavy atom. The Hall–Kier alpha value is -2.37. The average Bonchev–Trinajstić information content (AvgIpc) is 2.67. The number of nitrogens with one attached hydrogen (secondary N) is 1. The van der Waals surface area contributed by atoms with Crippen LogP contribution in [-0.4, -0.2) is 35.5 Å². The van der Waals surface area contributed by atoms with Gasteiger partial charge in [0.1, 0.15) is 17.4 Å². The average molecular weight is 411 g/mol. The van der Waals surface area contributed by atoms with Crippen molar-refractivity contribution in [3.05, 3.63) is 47.3 Å². The fourth-order valence-electron chi connectivity index (χ4n) is 2.77. The van der Waals surface area contributed by atoms with Crippen LogP contribution in [-0.2, 0) is 0 Å². The van der Waals surface area contributed by atoms with Crippen molar-refractivity contribution in [3.8, 4) is 11.8 Å². The monoisotopic (exact) mass is 411 g/mol. The van der Waals surface area contributed by atoms with E-state index in [4.69, 9.17) is 10.00 Å². The van der Waals surface area contributed by atoms with E-state index in [1.54, 1.807) is 13.0 Å². The number of nitrogens with zero attached hydrogens (tertiary/aromatic N) is 2. The van der Waals surface area contributed by atoms with Gasteiger partial charge in [-0.05, 0) is 44.9 Å². The van der Waals surface area contributed by atoms with E-state index in [9.17, 15) is 18.3 Å². The van der Waals surface area contributed by atoms with Gasteiger partial charge in [-0.2, -0.15) is 18.4 Å². The molecule has 0 saturated heterocycles. The molecule has 0 saturated carbocycles. The number of ether oxygens (including phenoxy) is 1. The van der Waals surface area contributed by atoms with E-state index in [-0.39, 0.29) is 11.6 Å². The van der Waals surface area contributed by atoms with Crippen LogP contribution in [0.2, 0.25) is 0 Å². The van der Waals surface area contributed by atoms with E-state index in [2.05, 4.69) is 16.9 Å². The number of allylic oxidation sites excluding steroid dienone is 1. The summed E-state index contributed by atoms with van der Waals surface area (Å²) in [7, 11) is 0. The number of hydrogen-bond donors (Lipinski definition) is 2. The predicted octanol–water partition coefficient (Wildman–Crippen LogP) is 4.45. The van der Waals surface area contributed by atoms with Gasteiger partial charge in [0.25, 0.3) is 0 Å². The summed E-state index contributed by atoms with van der Waals surface area (Å²) in [4.78, 5) is 4.26. The quantitative estimate of drug-likeness (QED) is 0.556. The number of alkyl halides is 3. The van der Waals surface area contributed by atoms with E-state index >= 15 is 0 Å². The molecule has 0 aliphatic carbocycles. The highest BCUT2D eigenvalue weighted by Gasteiger charge is 2.42. The highest BCUT2D eigenvalue weighted by Crippen LogP contribution is 2.33. The fraction of sp³-hybridized carbons (Fsp3) is 0.524. The zero-order chi connectivity index (χ0) is 22.2. The molecule has 8 heteroatoms. The molecular weight excluding hydrogens is 383 g/mol. The molecule has 160 valence electrons. The Morgan fingerprint density at radius 1 is 1.45 bits per heavy atom. The second kappa shape index (κ2) is 11.0. The van der Waals surface area contributed by atoms with Crippen LogP contribution in [0.1, 0.15) is 51.4 Å². The van der Waals surface area contributed by atoms with Crippen LogP contribution < -0.4 is 10.1 Å². The van der Waals surface area contributed by atoms with Crippen LogP contribution in [0.3, 0.4) is 0 Å². The zero-order valence-electron chi connectivity index (χ0n) is 17.2. The van der Waals surface area contributed by atoms with Crippen molar-refractivity contribution in [1.82, 2.24) is 10.3 Å². The molecule has 3 unspecified atom stereocenters. The second-order valence-electron chi connectivity index (χ2n) is 6.70. The summed E-state index contributed by atoms with van der Waals surface area (Å²) >= 11 is 0. The van der Waals surface area contributed by atoms with E-state index in [1.165, 1.54) is 12.3 Å². The van der Waals surface area contributed by atoms with Crippen molar-refractivity contribution in [2.24, 2.45) is 5.92 Å². The van der Waals surface area contributed by atoms with Gasteiger partial charge in [0, 0.05) is 18.3 Å². The SMILES string of the molecule is C=C(CCNC(C)c1cc(OCC)c(C#N)cn1)/C(=C\C)C(O)C(C)C(F)(F)F. The summed E-state index contributed by atoms with van der Waals surface area (Å²) in [5, 5.41) is 22.4. The lowest BCUT2D eigenvalue weighted by Crippen LogP contribution is -2.33. The number of nitriles is 1. The molecule has 1 aromatic rings. The number of halogens is 3. The molecule has 3 atom stereocenters. The first-order valence-electron chi connectivity index (χ1n) is 9.42. The van der Waals surface area contributed by atoms with Crippen molar-refractivity contribution in [2.75, 3.05) is 13.2 Å². The molecule has 1 heterocycles. The summed E-state index contributed by atoms with van der Waals surface area (Å²) in [5.74, 6) is -1.42. The third-order valence-corrected chi connectivity index (χ3v) is 4.66. The molecule has 0 aliphatic heterocycles. The highest BCUT2D eigenvalue weighted by atomic mass is 19.4. The molecule has 5 nitrogen and oxygen atoms in total. The van der Waals surface area contributed by atoms with E-state index in [0.717, 1.165) is 6.92 Å². The van der Waals surface area contributed by atoms with Gasteiger partial charge in [0.2, 0.25) is 0 Å². The number of aromatic nitrogens is 1. The largest absolute Gasteiger partial charge is 0.492 e. The van der Waals surface area contributed by atoms with Crippen molar-refractivity contribution in [2.45, 2.75) is 52.4 Å². The maximum Gasteiger partial charge on any atom is 0.394 e. The zero-order valence-corrected chi connectivity index (χ0v) is 17.2. The van der Waals surface area contributed by atoms with Gasteiger partial charge in [0.05, 0.1) is 24.3 Å². The van der Waals surface area contributed by atoms with Crippen LogP contribution >= 0.6 is 0 Å². The molecular formula is C21H28F3N3O2. The number of rotatable bonds is 10. The molecule has 2 N–H and O–H groups in total. The summed E-state index contributed by atoms with van der Waals surface area (Å²) in [5.41, 5.74) is 1.66. The smallest absolute Gasteiger partial charge is 0.394 e. The first kappa shape index (κ1) is 24.7. The lowest BCUT2D eigenvalue weighted by molar-refractivity contribution is -0.189. The third kappa shape index (κ3) is 6.87. The number of pyridine rings is 1.